The third kappa shape index (κ3) is 6.15. The number of aromatic nitrogens is 3. The summed E-state index contributed by atoms with van der Waals surface area (Å²) in [6.07, 6.45) is 2.06. The molecule has 1 aliphatic carbocycles. The number of nitrogens with zero attached hydrogens (tertiary/aromatic N) is 3. The topological polar surface area (TPSA) is 50.9 Å². The van der Waals surface area contributed by atoms with Gasteiger partial charge in [0.05, 0.1) is 28.0 Å². The van der Waals surface area contributed by atoms with Crippen LogP contribution in [-0.2, 0) is 10.8 Å². The quantitative estimate of drug-likeness (QED) is 0.183. The van der Waals surface area contributed by atoms with Crippen LogP contribution in [0.2, 0.25) is 0 Å². The van der Waals surface area contributed by atoms with Crippen molar-refractivity contribution in [1.29, 1.82) is 0 Å². The number of hydrogen-bond donors (Lipinski definition) is 1. The number of pyridine rings is 1. The standard InChI is InChI=1S/C55H45N3O/c1-54(2,3)40-27-28-49(44(32-40)36-19-10-7-11-20-36)58-50-25-16-23-41(52(50)57-53(58)43-22-13-15-26-51(43)59)38-29-37(35-17-8-6-9-18-35)30-39(31-38)48-33-47-45(34-56-48)42-21-12-14-24-46(42)55(47,4)5/h6-34,59H,1-5H3. The molecule has 0 saturated heterocycles. The molecule has 7 aromatic carbocycles. The lowest BCUT2D eigenvalue weighted by atomic mass is 9.82. The average molecular weight is 764 g/mol. The molecule has 0 atom stereocenters. The van der Waals surface area contributed by atoms with E-state index in [0.29, 0.717) is 11.4 Å². The first-order valence-corrected chi connectivity index (χ1v) is 20.4. The molecule has 0 aliphatic heterocycles. The van der Waals surface area contributed by atoms with Gasteiger partial charge in [0.15, 0.2) is 0 Å². The minimum Gasteiger partial charge on any atom is -0.507 e. The lowest BCUT2D eigenvalue weighted by Crippen LogP contribution is -2.15. The minimum atomic E-state index is -0.148. The second-order valence-electron chi connectivity index (χ2n) is 17.3. The van der Waals surface area contributed by atoms with E-state index < -0.39 is 0 Å². The lowest BCUT2D eigenvalue weighted by molar-refractivity contribution is 0.477. The van der Waals surface area contributed by atoms with Crippen molar-refractivity contribution in [1.82, 2.24) is 14.5 Å². The van der Waals surface area contributed by atoms with Crippen LogP contribution in [0.25, 0.3) is 83.9 Å². The van der Waals surface area contributed by atoms with E-state index in [-0.39, 0.29) is 16.6 Å². The van der Waals surface area contributed by atoms with Crippen LogP contribution in [-0.4, -0.2) is 19.6 Å². The maximum atomic E-state index is 11.4. The fourth-order valence-electron chi connectivity index (χ4n) is 8.95. The van der Waals surface area contributed by atoms with Crippen molar-refractivity contribution in [2.45, 2.75) is 45.4 Å². The summed E-state index contributed by atoms with van der Waals surface area (Å²) in [5.74, 6) is 0.854. The number of phenolic OH excluding ortho intramolecular Hbond substituents is 1. The number of fused-ring (bicyclic) bond motifs is 4. The van der Waals surface area contributed by atoms with Crippen molar-refractivity contribution in [2.75, 3.05) is 0 Å². The molecule has 286 valence electrons. The molecule has 0 unspecified atom stereocenters. The Morgan fingerprint density at radius 3 is 1.90 bits per heavy atom. The van der Waals surface area contributed by atoms with Crippen LogP contribution in [0, 0.1) is 0 Å². The maximum Gasteiger partial charge on any atom is 0.149 e. The highest BCUT2D eigenvalue weighted by Crippen LogP contribution is 2.49. The Balaban J connectivity index is 1.22. The van der Waals surface area contributed by atoms with Gasteiger partial charge in [0.25, 0.3) is 0 Å². The van der Waals surface area contributed by atoms with E-state index in [9.17, 15) is 5.11 Å². The summed E-state index contributed by atoms with van der Waals surface area (Å²) in [5.41, 5.74) is 18.0. The predicted octanol–water partition coefficient (Wildman–Crippen LogP) is 14.1. The molecule has 0 bridgehead atoms. The molecule has 0 fully saturated rings. The lowest BCUT2D eigenvalue weighted by Gasteiger charge is -2.23. The SMILES string of the molecule is CC(C)(C)c1ccc(-n2c(-c3ccccc3O)nc3c(-c4cc(-c5ccccc5)cc(-c5cc6c(cn5)-c5ccccc5C6(C)C)c4)cccc32)c(-c2ccccc2)c1. The van der Waals surface area contributed by atoms with Crippen LogP contribution in [0.3, 0.4) is 0 Å². The summed E-state index contributed by atoms with van der Waals surface area (Å²) in [5, 5.41) is 11.4. The molecule has 0 spiro atoms. The van der Waals surface area contributed by atoms with Crippen LogP contribution in [0.4, 0.5) is 0 Å². The van der Waals surface area contributed by atoms with Gasteiger partial charge in [-0.1, -0.05) is 150 Å². The van der Waals surface area contributed by atoms with Crippen molar-refractivity contribution in [3.63, 3.8) is 0 Å². The average Bonchev–Trinajstić information content (AvgIpc) is 3.76. The van der Waals surface area contributed by atoms with E-state index in [0.717, 1.165) is 61.4 Å². The highest BCUT2D eigenvalue weighted by Gasteiger charge is 2.36. The summed E-state index contributed by atoms with van der Waals surface area (Å²) < 4.78 is 2.23. The molecule has 10 rings (SSSR count). The predicted molar refractivity (Wildman–Crippen MR) is 244 cm³/mol. The number of rotatable bonds is 6. The van der Waals surface area contributed by atoms with E-state index in [1.54, 1.807) is 6.07 Å². The zero-order valence-corrected chi connectivity index (χ0v) is 34.0. The van der Waals surface area contributed by atoms with Gasteiger partial charge in [-0.25, -0.2) is 4.98 Å². The van der Waals surface area contributed by atoms with Crippen LogP contribution < -0.4 is 0 Å². The van der Waals surface area contributed by atoms with Gasteiger partial charge in [-0.15, -0.1) is 0 Å². The zero-order chi connectivity index (χ0) is 40.5. The number of phenols is 1. The summed E-state index contributed by atoms with van der Waals surface area (Å²) in [7, 11) is 0. The van der Waals surface area contributed by atoms with E-state index >= 15 is 0 Å². The zero-order valence-electron chi connectivity index (χ0n) is 34.0. The summed E-state index contributed by atoms with van der Waals surface area (Å²) in [6.45, 7) is 11.4. The number of aromatic hydroxyl groups is 1. The van der Waals surface area contributed by atoms with Gasteiger partial charge >= 0.3 is 0 Å². The monoisotopic (exact) mass is 763 g/mol. The summed E-state index contributed by atoms with van der Waals surface area (Å²) in [6, 6.07) is 59.6. The Labute approximate surface area is 346 Å². The largest absolute Gasteiger partial charge is 0.507 e. The first-order chi connectivity index (χ1) is 28.6. The van der Waals surface area contributed by atoms with E-state index in [4.69, 9.17) is 9.97 Å². The highest BCUT2D eigenvalue weighted by atomic mass is 16.3. The smallest absolute Gasteiger partial charge is 0.149 e. The van der Waals surface area contributed by atoms with Gasteiger partial charge in [-0.05, 0) is 105 Å². The van der Waals surface area contributed by atoms with Crippen LogP contribution in [0.15, 0.2) is 176 Å². The van der Waals surface area contributed by atoms with E-state index in [2.05, 4.69) is 191 Å². The molecule has 4 nitrogen and oxygen atoms in total. The van der Waals surface area contributed by atoms with Crippen LogP contribution >= 0.6 is 0 Å². The van der Waals surface area contributed by atoms with Gasteiger partial charge in [-0.3, -0.25) is 9.55 Å². The van der Waals surface area contributed by atoms with Crippen LogP contribution in [0.5, 0.6) is 5.75 Å². The second-order valence-corrected chi connectivity index (χ2v) is 17.3. The van der Waals surface area contributed by atoms with Crippen LogP contribution in [0.1, 0.15) is 51.3 Å². The second kappa shape index (κ2) is 13.8. The first kappa shape index (κ1) is 36.3. The minimum absolute atomic E-state index is 0.0539. The van der Waals surface area contributed by atoms with Gasteiger partial charge in [0.2, 0.25) is 0 Å². The number of imidazole rings is 1. The Kier molecular flexibility index (Phi) is 8.50. The first-order valence-electron chi connectivity index (χ1n) is 20.4. The Morgan fingerprint density at radius 1 is 0.508 bits per heavy atom. The molecule has 0 amide bonds. The molecule has 2 aromatic heterocycles. The normalized spacial score (nSPS) is 13.0. The maximum absolute atomic E-state index is 11.4. The molecule has 9 aromatic rings. The van der Waals surface area contributed by atoms with E-state index in [1.165, 1.54) is 27.8 Å². The van der Waals surface area contributed by atoms with E-state index in [1.807, 2.05) is 18.2 Å². The number of hydrogen-bond acceptors (Lipinski definition) is 3. The molecule has 2 heterocycles. The van der Waals surface area contributed by atoms with Crippen molar-refractivity contribution in [3.05, 3.63) is 193 Å². The Hall–Kier alpha value is -7.04. The molecule has 1 N–H and O–H groups in total. The Bertz CT molecular complexity index is 3060. The third-order valence-electron chi connectivity index (χ3n) is 12.1. The summed E-state index contributed by atoms with van der Waals surface area (Å²) >= 11 is 0. The number of benzene rings is 7. The number of para-hydroxylation sites is 2. The molecule has 1 aliphatic rings. The molecular weight excluding hydrogens is 719 g/mol. The van der Waals surface area contributed by atoms with Gasteiger partial charge in [0.1, 0.15) is 11.6 Å². The molecule has 0 radical (unpaired) electrons. The fourth-order valence-corrected chi connectivity index (χ4v) is 8.95. The van der Waals surface area contributed by atoms with Gasteiger partial charge < -0.3 is 5.11 Å². The molecule has 59 heavy (non-hydrogen) atoms. The third-order valence-corrected chi connectivity index (χ3v) is 12.1. The van der Waals surface area contributed by atoms with Gasteiger partial charge in [0, 0.05) is 33.9 Å². The van der Waals surface area contributed by atoms with Crippen molar-refractivity contribution >= 4 is 11.0 Å². The summed E-state index contributed by atoms with van der Waals surface area (Å²) in [4.78, 5) is 10.6. The molecule has 4 heteroatoms. The molecule has 0 saturated carbocycles. The fraction of sp³-hybridized carbons (Fsp3) is 0.127. The van der Waals surface area contributed by atoms with Gasteiger partial charge in [-0.2, -0.15) is 0 Å². The highest BCUT2D eigenvalue weighted by molar-refractivity contribution is 5.98. The van der Waals surface area contributed by atoms with Crippen molar-refractivity contribution < 1.29 is 5.11 Å². The Morgan fingerprint density at radius 2 is 1.15 bits per heavy atom. The molecular formula is C55H45N3O. The van der Waals surface area contributed by atoms with Crippen molar-refractivity contribution in [2.24, 2.45) is 0 Å². The van der Waals surface area contributed by atoms with Crippen molar-refractivity contribution in [3.8, 4) is 78.6 Å².